The summed E-state index contributed by atoms with van der Waals surface area (Å²) < 4.78 is 44.0. The molecule has 0 heterocycles. The maximum absolute atomic E-state index is 12.9. The van der Waals surface area contributed by atoms with E-state index >= 15 is 0 Å². The maximum atomic E-state index is 12.9. The van der Waals surface area contributed by atoms with Crippen LogP contribution in [0, 0.1) is 0 Å². The molecule has 0 unspecified atom stereocenters. The van der Waals surface area contributed by atoms with E-state index in [2.05, 4.69) is 5.32 Å². The van der Waals surface area contributed by atoms with Gasteiger partial charge in [0.05, 0.1) is 54.9 Å². The topological polar surface area (TPSA) is 117 Å². The average molecular weight is 611 g/mol. The van der Waals surface area contributed by atoms with Crippen LogP contribution in [0.25, 0.3) is 11.1 Å². The SMILES string of the molecule is CCOC(=O)[C@H](Cc1ccc(-c2c(OC)cc(COS(C)(=O)=O)cc2OC)cc1)NC(=O)c1c(Cl)cccc1Cl. The lowest BCUT2D eigenvalue weighted by Crippen LogP contribution is -2.43. The Labute approximate surface area is 243 Å². The fraction of sp³-hybridized carbons (Fsp3) is 0.286. The fourth-order valence-corrected chi connectivity index (χ4v) is 4.85. The molecule has 0 bridgehead atoms. The highest BCUT2D eigenvalue weighted by Gasteiger charge is 2.25. The first-order valence-corrected chi connectivity index (χ1v) is 14.6. The van der Waals surface area contributed by atoms with Crippen LogP contribution in [-0.4, -0.2) is 53.4 Å². The lowest BCUT2D eigenvalue weighted by atomic mass is 9.98. The quantitative estimate of drug-likeness (QED) is 0.224. The van der Waals surface area contributed by atoms with E-state index in [-0.39, 0.29) is 35.2 Å². The van der Waals surface area contributed by atoms with Crippen molar-refractivity contribution in [2.75, 3.05) is 27.1 Å². The highest BCUT2D eigenvalue weighted by atomic mass is 35.5. The second kappa shape index (κ2) is 13.8. The van der Waals surface area contributed by atoms with E-state index < -0.39 is 28.0 Å². The van der Waals surface area contributed by atoms with Gasteiger partial charge in [0.1, 0.15) is 17.5 Å². The van der Waals surface area contributed by atoms with E-state index in [1.807, 2.05) is 12.1 Å². The second-order valence-corrected chi connectivity index (χ2v) is 11.1. The zero-order chi connectivity index (χ0) is 29.4. The molecule has 0 aromatic heterocycles. The van der Waals surface area contributed by atoms with Crippen molar-refractivity contribution >= 4 is 45.2 Å². The predicted molar refractivity (Wildman–Crippen MR) is 153 cm³/mol. The molecule has 0 aliphatic carbocycles. The second-order valence-electron chi connectivity index (χ2n) is 8.62. The van der Waals surface area contributed by atoms with Crippen LogP contribution in [0.4, 0.5) is 0 Å². The van der Waals surface area contributed by atoms with Gasteiger partial charge >= 0.3 is 5.97 Å². The Bertz CT molecular complexity index is 1430. The molecule has 1 N–H and O–H groups in total. The van der Waals surface area contributed by atoms with Crippen molar-refractivity contribution < 1.29 is 36.4 Å². The Morgan fingerprint density at radius 1 is 0.925 bits per heavy atom. The van der Waals surface area contributed by atoms with Crippen LogP contribution in [-0.2, 0) is 36.9 Å². The zero-order valence-electron chi connectivity index (χ0n) is 22.3. The van der Waals surface area contributed by atoms with Crippen molar-refractivity contribution in [3.05, 3.63) is 81.3 Å². The number of nitrogens with one attached hydrogen (secondary N) is 1. The molecular weight excluding hydrogens is 581 g/mol. The molecule has 0 spiro atoms. The number of ether oxygens (including phenoxy) is 3. The van der Waals surface area contributed by atoms with Gasteiger partial charge in [0.25, 0.3) is 16.0 Å². The fourth-order valence-electron chi connectivity index (χ4n) is 3.93. The van der Waals surface area contributed by atoms with Gasteiger partial charge in [0.15, 0.2) is 0 Å². The van der Waals surface area contributed by atoms with Crippen molar-refractivity contribution in [1.82, 2.24) is 5.32 Å². The lowest BCUT2D eigenvalue weighted by molar-refractivity contribution is -0.145. The van der Waals surface area contributed by atoms with Crippen LogP contribution < -0.4 is 14.8 Å². The van der Waals surface area contributed by atoms with E-state index in [4.69, 9.17) is 41.6 Å². The Kier molecular flexibility index (Phi) is 10.8. The molecule has 3 aromatic carbocycles. The number of hydrogen-bond acceptors (Lipinski definition) is 8. The molecule has 12 heteroatoms. The smallest absolute Gasteiger partial charge is 0.328 e. The summed E-state index contributed by atoms with van der Waals surface area (Å²) in [6.45, 7) is 1.64. The summed E-state index contributed by atoms with van der Waals surface area (Å²) >= 11 is 12.3. The van der Waals surface area contributed by atoms with E-state index in [0.717, 1.165) is 17.4 Å². The minimum atomic E-state index is -3.63. The van der Waals surface area contributed by atoms with Gasteiger partial charge in [-0.05, 0) is 47.9 Å². The van der Waals surface area contributed by atoms with Crippen molar-refractivity contribution in [1.29, 1.82) is 0 Å². The zero-order valence-corrected chi connectivity index (χ0v) is 24.7. The number of methoxy groups -OCH3 is 2. The molecule has 3 rings (SSSR count). The summed E-state index contributed by atoms with van der Waals surface area (Å²) in [6, 6.07) is 14.3. The molecule has 40 heavy (non-hydrogen) atoms. The molecule has 9 nitrogen and oxygen atoms in total. The summed E-state index contributed by atoms with van der Waals surface area (Å²) in [5, 5.41) is 3.00. The Morgan fingerprint density at radius 3 is 2.00 bits per heavy atom. The van der Waals surface area contributed by atoms with Crippen molar-refractivity contribution in [3.8, 4) is 22.6 Å². The van der Waals surface area contributed by atoms with Crippen molar-refractivity contribution in [2.24, 2.45) is 0 Å². The van der Waals surface area contributed by atoms with Crippen molar-refractivity contribution in [3.63, 3.8) is 0 Å². The Morgan fingerprint density at radius 2 is 1.50 bits per heavy atom. The molecule has 0 aliphatic rings. The minimum Gasteiger partial charge on any atom is -0.496 e. The maximum Gasteiger partial charge on any atom is 0.328 e. The van der Waals surface area contributed by atoms with Gasteiger partial charge in [-0.15, -0.1) is 0 Å². The minimum absolute atomic E-state index is 0.0695. The number of halogens is 2. The standard InChI is InChI=1S/C28H29Cl2NO8S/c1-5-38-28(33)22(31-27(32)26-20(29)7-6-8-21(26)30)13-17-9-11-19(12-10-17)25-23(36-2)14-18(15-24(25)37-3)16-39-40(4,34)35/h6-12,14-15,22H,5,13,16H2,1-4H3,(H,31,32)/t22-/m0/s1. The summed E-state index contributed by atoms with van der Waals surface area (Å²) in [7, 11) is -0.647. The van der Waals surface area contributed by atoms with Gasteiger partial charge < -0.3 is 19.5 Å². The Balaban J connectivity index is 1.87. The third kappa shape index (κ3) is 8.11. The van der Waals surface area contributed by atoms with Crippen LogP contribution >= 0.6 is 23.2 Å². The number of rotatable bonds is 12. The predicted octanol–water partition coefficient (Wildman–Crippen LogP) is 5.06. The molecule has 0 aliphatic heterocycles. The Hall–Kier alpha value is -3.31. The lowest BCUT2D eigenvalue weighted by Gasteiger charge is -2.19. The van der Waals surface area contributed by atoms with Crippen molar-refractivity contribution in [2.45, 2.75) is 26.0 Å². The van der Waals surface area contributed by atoms with Crippen LogP contribution in [0.15, 0.2) is 54.6 Å². The molecule has 3 aromatic rings. The highest BCUT2D eigenvalue weighted by molar-refractivity contribution is 7.85. The van der Waals surface area contributed by atoms with Gasteiger partial charge in [0, 0.05) is 6.42 Å². The van der Waals surface area contributed by atoms with E-state index in [9.17, 15) is 18.0 Å². The van der Waals surface area contributed by atoms with E-state index in [0.29, 0.717) is 22.6 Å². The van der Waals surface area contributed by atoms with Gasteiger partial charge in [-0.25, -0.2) is 4.79 Å². The normalized spacial score (nSPS) is 11.9. The van der Waals surface area contributed by atoms with Crippen LogP contribution in [0.1, 0.15) is 28.4 Å². The average Bonchev–Trinajstić information content (AvgIpc) is 2.91. The van der Waals surface area contributed by atoms with Crippen LogP contribution in [0.5, 0.6) is 11.5 Å². The van der Waals surface area contributed by atoms with E-state index in [1.165, 1.54) is 26.4 Å². The van der Waals surface area contributed by atoms with Gasteiger partial charge in [-0.1, -0.05) is 53.5 Å². The third-order valence-corrected chi connectivity index (χ3v) is 6.93. The van der Waals surface area contributed by atoms with E-state index in [1.54, 1.807) is 37.3 Å². The third-order valence-electron chi connectivity index (χ3n) is 5.75. The number of amides is 1. The molecule has 0 radical (unpaired) electrons. The molecule has 214 valence electrons. The summed E-state index contributed by atoms with van der Waals surface area (Å²) in [6.07, 6.45) is 1.12. The summed E-state index contributed by atoms with van der Waals surface area (Å²) in [4.78, 5) is 25.6. The first-order valence-electron chi connectivity index (χ1n) is 12.1. The van der Waals surface area contributed by atoms with Crippen LogP contribution in [0.2, 0.25) is 10.0 Å². The van der Waals surface area contributed by atoms with Gasteiger partial charge in [0.2, 0.25) is 0 Å². The van der Waals surface area contributed by atoms with Gasteiger partial charge in [-0.3, -0.25) is 8.98 Å². The van der Waals surface area contributed by atoms with Crippen LogP contribution in [0.3, 0.4) is 0 Å². The van der Waals surface area contributed by atoms with Gasteiger partial charge in [-0.2, -0.15) is 8.42 Å². The molecule has 0 fully saturated rings. The number of hydrogen-bond donors (Lipinski definition) is 1. The first kappa shape index (κ1) is 31.2. The highest BCUT2D eigenvalue weighted by Crippen LogP contribution is 2.40. The molecular formula is C28H29Cl2NO8S. The molecule has 1 atom stereocenters. The largest absolute Gasteiger partial charge is 0.496 e. The molecule has 0 saturated heterocycles. The number of carbonyl (C=O) groups excluding carboxylic acids is 2. The summed E-state index contributed by atoms with van der Waals surface area (Å²) in [5.74, 6) is -0.294. The molecule has 1 amide bonds. The number of carbonyl (C=O) groups is 2. The number of benzene rings is 3. The monoisotopic (exact) mass is 609 g/mol. The number of esters is 1. The first-order chi connectivity index (χ1) is 19.0. The summed E-state index contributed by atoms with van der Waals surface area (Å²) in [5.41, 5.74) is 2.74. The molecule has 0 saturated carbocycles.